The number of methoxy groups -OCH3 is 1. The number of halogens is 1. The zero-order valence-corrected chi connectivity index (χ0v) is 22.5. The first kappa shape index (κ1) is 27.1. The summed E-state index contributed by atoms with van der Waals surface area (Å²) in [5.74, 6) is 0.0392. The van der Waals surface area contributed by atoms with Gasteiger partial charge in [0.1, 0.15) is 23.0 Å². The lowest BCUT2D eigenvalue weighted by Gasteiger charge is -2.26. The second-order valence-corrected chi connectivity index (χ2v) is 9.63. The molecule has 1 heterocycles. The molecule has 0 bridgehead atoms. The lowest BCUT2D eigenvalue weighted by molar-refractivity contribution is -0.132. The van der Waals surface area contributed by atoms with Crippen LogP contribution in [0.1, 0.15) is 37.9 Å². The van der Waals surface area contributed by atoms with Crippen molar-refractivity contribution in [2.45, 2.75) is 26.8 Å². The summed E-state index contributed by atoms with van der Waals surface area (Å²) in [5.41, 5.74) is 1.17. The van der Waals surface area contributed by atoms with Crippen LogP contribution < -0.4 is 19.1 Å². The summed E-state index contributed by atoms with van der Waals surface area (Å²) >= 11 is 6.42. The van der Waals surface area contributed by atoms with E-state index in [1.165, 1.54) is 12.0 Å². The van der Waals surface area contributed by atoms with Crippen molar-refractivity contribution >= 4 is 34.7 Å². The topological polar surface area (TPSA) is 85.3 Å². The third-order valence-electron chi connectivity index (χ3n) is 6.06. The number of carbonyl (C=O) groups is 2. The maximum atomic E-state index is 13.5. The van der Waals surface area contributed by atoms with Crippen LogP contribution in [0, 0.1) is 5.92 Å². The molecule has 1 amide bonds. The van der Waals surface area contributed by atoms with Crippen molar-refractivity contribution in [3.63, 3.8) is 0 Å². The number of ether oxygens (including phenoxy) is 3. The van der Waals surface area contributed by atoms with Gasteiger partial charge in [-0.05, 0) is 73.0 Å². The van der Waals surface area contributed by atoms with Crippen LogP contribution >= 0.6 is 11.6 Å². The SMILES string of the molecule is CCOc1ccc(Cl)c(/C(O)=C2\C(=O)C(=O)N(c3ccc(OCC(C)C)cc3)C2c2cccc(OC)c2)c1. The van der Waals surface area contributed by atoms with Crippen LogP contribution in [0.4, 0.5) is 5.69 Å². The van der Waals surface area contributed by atoms with Gasteiger partial charge in [0, 0.05) is 11.3 Å². The number of rotatable bonds is 9. The first-order chi connectivity index (χ1) is 18.2. The summed E-state index contributed by atoms with van der Waals surface area (Å²) in [4.78, 5) is 28.3. The summed E-state index contributed by atoms with van der Waals surface area (Å²) in [5, 5.41) is 11.7. The van der Waals surface area contributed by atoms with Gasteiger partial charge in [0.05, 0.1) is 37.0 Å². The summed E-state index contributed by atoms with van der Waals surface area (Å²) in [7, 11) is 1.53. The molecule has 3 aromatic rings. The molecule has 0 saturated carbocycles. The molecule has 0 aromatic heterocycles. The van der Waals surface area contributed by atoms with Gasteiger partial charge in [0.15, 0.2) is 0 Å². The Bertz CT molecular complexity index is 1370. The van der Waals surface area contributed by atoms with Crippen LogP contribution in [0.25, 0.3) is 5.76 Å². The van der Waals surface area contributed by atoms with Crippen LogP contribution in [-0.2, 0) is 9.59 Å². The van der Waals surface area contributed by atoms with Crippen LogP contribution in [0.3, 0.4) is 0 Å². The van der Waals surface area contributed by atoms with Crippen molar-refractivity contribution in [2.75, 3.05) is 25.2 Å². The third-order valence-corrected chi connectivity index (χ3v) is 6.39. The van der Waals surface area contributed by atoms with Crippen LogP contribution in [-0.4, -0.2) is 37.1 Å². The number of aliphatic hydroxyl groups is 1. The van der Waals surface area contributed by atoms with Gasteiger partial charge in [-0.1, -0.05) is 37.6 Å². The Morgan fingerprint density at radius 3 is 2.34 bits per heavy atom. The molecule has 198 valence electrons. The van der Waals surface area contributed by atoms with E-state index in [4.69, 9.17) is 25.8 Å². The molecule has 1 aliphatic rings. The number of anilines is 1. The molecule has 1 fully saturated rings. The maximum absolute atomic E-state index is 13.5. The summed E-state index contributed by atoms with van der Waals surface area (Å²) < 4.78 is 16.7. The van der Waals surface area contributed by atoms with Crippen LogP contribution in [0.5, 0.6) is 17.2 Å². The van der Waals surface area contributed by atoms with Gasteiger partial charge in [0.25, 0.3) is 11.7 Å². The second kappa shape index (κ2) is 11.6. The van der Waals surface area contributed by atoms with Crippen molar-refractivity contribution in [3.05, 3.63) is 88.5 Å². The average Bonchev–Trinajstić information content (AvgIpc) is 3.18. The van der Waals surface area contributed by atoms with Gasteiger partial charge in [-0.15, -0.1) is 0 Å². The fraction of sp³-hybridized carbons (Fsp3) is 0.267. The van der Waals surface area contributed by atoms with E-state index in [1.807, 2.05) is 6.92 Å². The smallest absolute Gasteiger partial charge is 0.300 e. The number of Topliss-reactive ketones (excluding diaryl/α,β-unsaturated/α-hetero) is 1. The van der Waals surface area contributed by atoms with E-state index >= 15 is 0 Å². The first-order valence-corrected chi connectivity index (χ1v) is 12.7. The molecule has 4 rings (SSSR count). The van der Waals surface area contributed by atoms with Crippen molar-refractivity contribution in [2.24, 2.45) is 5.92 Å². The minimum atomic E-state index is -0.931. The molecule has 1 saturated heterocycles. The largest absolute Gasteiger partial charge is 0.507 e. The molecular weight excluding hydrogens is 506 g/mol. The summed E-state index contributed by atoms with van der Waals surface area (Å²) in [6, 6.07) is 17.8. The molecule has 1 N–H and O–H groups in total. The summed E-state index contributed by atoms with van der Waals surface area (Å²) in [6.45, 7) is 6.90. The van der Waals surface area contributed by atoms with Gasteiger partial charge < -0.3 is 19.3 Å². The second-order valence-electron chi connectivity index (χ2n) is 9.22. The van der Waals surface area contributed by atoms with Crippen molar-refractivity contribution in [3.8, 4) is 17.2 Å². The minimum absolute atomic E-state index is 0.0843. The Morgan fingerprint density at radius 2 is 1.68 bits per heavy atom. The highest BCUT2D eigenvalue weighted by Crippen LogP contribution is 2.44. The maximum Gasteiger partial charge on any atom is 0.300 e. The Morgan fingerprint density at radius 1 is 0.974 bits per heavy atom. The van der Waals surface area contributed by atoms with Crippen LogP contribution in [0.2, 0.25) is 5.02 Å². The highest BCUT2D eigenvalue weighted by Gasteiger charge is 2.47. The predicted molar refractivity (Wildman–Crippen MR) is 147 cm³/mol. The third kappa shape index (κ3) is 5.48. The fourth-order valence-electron chi connectivity index (χ4n) is 4.28. The lowest BCUT2D eigenvalue weighted by atomic mass is 9.95. The van der Waals surface area contributed by atoms with Gasteiger partial charge in [0.2, 0.25) is 0 Å². The molecule has 0 radical (unpaired) electrons. The highest BCUT2D eigenvalue weighted by molar-refractivity contribution is 6.52. The van der Waals surface area contributed by atoms with E-state index in [0.717, 1.165) is 0 Å². The molecular formula is C30H30ClNO6. The highest BCUT2D eigenvalue weighted by atomic mass is 35.5. The Kier molecular flexibility index (Phi) is 8.27. The fourth-order valence-corrected chi connectivity index (χ4v) is 4.49. The van der Waals surface area contributed by atoms with Gasteiger partial charge in [-0.2, -0.15) is 0 Å². The molecule has 3 aromatic carbocycles. The van der Waals surface area contributed by atoms with Gasteiger partial charge >= 0.3 is 0 Å². The number of hydrogen-bond donors (Lipinski definition) is 1. The molecule has 7 nitrogen and oxygen atoms in total. The van der Waals surface area contributed by atoms with Gasteiger partial charge in [-0.25, -0.2) is 0 Å². The number of carbonyl (C=O) groups excluding carboxylic acids is 2. The molecule has 38 heavy (non-hydrogen) atoms. The summed E-state index contributed by atoms with van der Waals surface area (Å²) in [6.07, 6.45) is 0. The minimum Gasteiger partial charge on any atom is -0.507 e. The number of hydrogen-bond acceptors (Lipinski definition) is 6. The number of nitrogens with zero attached hydrogens (tertiary/aromatic N) is 1. The number of amides is 1. The molecule has 0 aliphatic carbocycles. The number of benzene rings is 3. The molecule has 0 spiro atoms. The quantitative estimate of drug-likeness (QED) is 0.194. The molecule has 1 aliphatic heterocycles. The number of aliphatic hydroxyl groups excluding tert-OH is 1. The monoisotopic (exact) mass is 535 g/mol. The number of ketones is 1. The molecule has 1 unspecified atom stereocenters. The first-order valence-electron chi connectivity index (χ1n) is 12.4. The standard InChI is InChI=1S/C30H30ClNO6/c1-5-37-23-13-14-25(31)24(16-23)28(33)26-27(19-7-6-8-22(15-19)36-4)32(30(35)29(26)34)20-9-11-21(12-10-20)38-17-18(2)3/h6-16,18,27,33H,5,17H2,1-4H3/b28-26+. The lowest BCUT2D eigenvalue weighted by Crippen LogP contribution is -2.29. The predicted octanol–water partition coefficient (Wildman–Crippen LogP) is 6.41. The van der Waals surface area contributed by atoms with Crippen molar-refractivity contribution < 1.29 is 28.9 Å². The van der Waals surface area contributed by atoms with E-state index in [1.54, 1.807) is 66.7 Å². The van der Waals surface area contributed by atoms with E-state index in [2.05, 4.69) is 13.8 Å². The van der Waals surface area contributed by atoms with E-state index in [-0.39, 0.29) is 21.9 Å². The zero-order chi connectivity index (χ0) is 27.4. The van der Waals surface area contributed by atoms with E-state index < -0.39 is 17.7 Å². The normalized spacial score (nSPS) is 16.7. The Hall–Kier alpha value is -3.97. The molecule has 8 heteroatoms. The van der Waals surface area contributed by atoms with Crippen LogP contribution in [0.15, 0.2) is 72.3 Å². The Labute approximate surface area is 227 Å². The van der Waals surface area contributed by atoms with E-state index in [0.29, 0.717) is 47.6 Å². The van der Waals surface area contributed by atoms with Crippen molar-refractivity contribution in [1.29, 1.82) is 0 Å². The van der Waals surface area contributed by atoms with E-state index in [9.17, 15) is 14.7 Å². The zero-order valence-electron chi connectivity index (χ0n) is 21.7. The Balaban J connectivity index is 1.87. The molecule has 1 atom stereocenters. The average molecular weight is 536 g/mol. The van der Waals surface area contributed by atoms with Gasteiger partial charge in [-0.3, -0.25) is 14.5 Å². The van der Waals surface area contributed by atoms with Crippen molar-refractivity contribution in [1.82, 2.24) is 0 Å².